The van der Waals surface area contributed by atoms with Crippen LogP contribution in [-0.4, -0.2) is 37.5 Å². The van der Waals surface area contributed by atoms with Crippen LogP contribution in [0.4, 0.5) is 5.69 Å². The Morgan fingerprint density at radius 1 is 1.24 bits per heavy atom. The second-order valence-corrected chi connectivity index (χ2v) is 5.75. The largest absolute Gasteiger partial charge is 0.398 e. The van der Waals surface area contributed by atoms with Gasteiger partial charge >= 0.3 is 0 Å². The number of nitrogen functional groups attached to an aromatic ring is 1. The molecule has 112 valence electrons. The fourth-order valence-corrected chi connectivity index (χ4v) is 2.28. The van der Waals surface area contributed by atoms with Crippen molar-refractivity contribution in [2.45, 2.75) is 19.4 Å². The van der Waals surface area contributed by atoms with Crippen molar-refractivity contribution in [1.82, 2.24) is 10.2 Å². The molecule has 0 heterocycles. The van der Waals surface area contributed by atoms with Crippen molar-refractivity contribution in [3.8, 4) is 0 Å². The average Bonchev–Trinajstić information content (AvgIpc) is 2.44. The van der Waals surface area contributed by atoms with E-state index in [-0.39, 0.29) is 11.9 Å². The maximum Gasteiger partial charge on any atom is 0.253 e. The van der Waals surface area contributed by atoms with Gasteiger partial charge in [-0.3, -0.25) is 4.79 Å². The summed E-state index contributed by atoms with van der Waals surface area (Å²) in [6.45, 7) is 2.95. The van der Waals surface area contributed by atoms with E-state index in [1.165, 1.54) is 0 Å². The molecule has 0 aliphatic rings. The molecule has 3 N–H and O–H groups in total. The van der Waals surface area contributed by atoms with Crippen molar-refractivity contribution in [3.05, 3.63) is 42.0 Å². The molecule has 0 spiro atoms. The first-order valence-electron chi connectivity index (χ1n) is 7.21. The second-order valence-electron chi connectivity index (χ2n) is 5.75. The first-order chi connectivity index (χ1) is 9.97. The number of carbonyl (C=O) groups is 1. The van der Waals surface area contributed by atoms with Crippen LogP contribution in [0.2, 0.25) is 0 Å². The minimum Gasteiger partial charge on any atom is -0.398 e. The van der Waals surface area contributed by atoms with Crippen LogP contribution in [0.5, 0.6) is 0 Å². The van der Waals surface area contributed by atoms with Gasteiger partial charge in [0.15, 0.2) is 0 Å². The molecule has 2 rings (SSSR count). The van der Waals surface area contributed by atoms with Gasteiger partial charge in [-0.25, -0.2) is 0 Å². The number of nitrogens with two attached hydrogens (primary N) is 1. The summed E-state index contributed by atoms with van der Waals surface area (Å²) in [7, 11) is 4.05. The van der Waals surface area contributed by atoms with Gasteiger partial charge in [-0.1, -0.05) is 24.3 Å². The van der Waals surface area contributed by atoms with Crippen LogP contribution < -0.4 is 11.1 Å². The van der Waals surface area contributed by atoms with E-state index in [4.69, 9.17) is 5.73 Å². The lowest BCUT2D eigenvalue weighted by Gasteiger charge is -2.17. The lowest BCUT2D eigenvalue weighted by molar-refractivity contribution is 0.0938. The predicted molar refractivity (Wildman–Crippen MR) is 88.5 cm³/mol. The molecule has 21 heavy (non-hydrogen) atoms. The van der Waals surface area contributed by atoms with Crippen molar-refractivity contribution >= 4 is 22.4 Å². The summed E-state index contributed by atoms with van der Waals surface area (Å²) in [5.41, 5.74) is 7.08. The monoisotopic (exact) mass is 285 g/mol. The lowest BCUT2D eigenvalue weighted by atomic mass is 10.0. The predicted octanol–water partition coefficient (Wildman–Crippen LogP) is 2.49. The highest BCUT2D eigenvalue weighted by molar-refractivity contribution is 6.04. The molecule has 4 heteroatoms. The zero-order chi connectivity index (χ0) is 15.4. The summed E-state index contributed by atoms with van der Waals surface area (Å²) in [6.07, 6.45) is 0.909. The molecule has 0 fully saturated rings. The maximum absolute atomic E-state index is 12.4. The second kappa shape index (κ2) is 6.59. The number of nitrogens with zero attached hydrogens (tertiary/aromatic N) is 1. The zero-order valence-corrected chi connectivity index (χ0v) is 12.9. The van der Waals surface area contributed by atoms with Gasteiger partial charge in [-0.15, -0.1) is 0 Å². The third-order valence-corrected chi connectivity index (χ3v) is 3.55. The van der Waals surface area contributed by atoms with Crippen LogP contribution in [0.1, 0.15) is 23.7 Å². The Bertz CT molecular complexity index is 637. The maximum atomic E-state index is 12.4. The molecule has 1 amide bonds. The van der Waals surface area contributed by atoms with Crippen molar-refractivity contribution < 1.29 is 4.79 Å². The first kappa shape index (κ1) is 15.3. The Labute approximate surface area is 125 Å². The molecule has 0 aromatic heterocycles. The van der Waals surface area contributed by atoms with Crippen molar-refractivity contribution in [2.75, 3.05) is 26.4 Å². The van der Waals surface area contributed by atoms with Crippen LogP contribution >= 0.6 is 0 Å². The van der Waals surface area contributed by atoms with E-state index in [1.54, 1.807) is 0 Å². The van der Waals surface area contributed by atoms with Gasteiger partial charge in [-0.2, -0.15) is 0 Å². The number of nitrogens with one attached hydrogen (secondary N) is 1. The molecule has 1 atom stereocenters. The minimum atomic E-state index is -0.107. The Morgan fingerprint density at radius 3 is 2.48 bits per heavy atom. The highest BCUT2D eigenvalue weighted by Gasteiger charge is 2.13. The quantitative estimate of drug-likeness (QED) is 0.830. The van der Waals surface area contributed by atoms with Crippen LogP contribution in [0.15, 0.2) is 36.4 Å². The number of amides is 1. The van der Waals surface area contributed by atoms with Crippen molar-refractivity contribution in [3.63, 3.8) is 0 Å². The molecule has 1 unspecified atom stereocenters. The van der Waals surface area contributed by atoms with E-state index in [0.717, 1.165) is 23.7 Å². The van der Waals surface area contributed by atoms with Crippen LogP contribution in [-0.2, 0) is 0 Å². The van der Waals surface area contributed by atoms with E-state index in [9.17, 15) is 4.79 Å². The van der Waals surface area contributed by atoms with Gasteiger partial charge in [0.25, 0.3) is 5.91 Å². The number of hydrogen-bond donors (Lipinski definition) is 2. The van der Waals surface area contributed by atoms with Crippen molar-refractivity contribution in [2.24, 2.45) is 0 Å². The summed E-state index contributed by atoms with van der Waals surface area (Å²) in [6, 6.07) is 11.7. The number of anilines is 1. The van der Waals surface area contributed by atoms with Crippen LogP contribution in [0, 0.1) is 0 Å². The molecular formula is C17H23N3O. The lowest BCUT2D eigenvalue weighted by Crippen LogP contribution is -2.35. The van der Waals surface area contributed by atoms with Crippen LogP contribution in [0.3, 0.4) is 0 Å². The van der Waals surface area contributed by atoms with E-state index in [2.05, 4.69) is 10.2 Å². The molecule has 2 aromatic carbocycles. The van der Waals surface area contributed by atoms with E-state index >= 15 is 0 Å². The van der Waals surface area contributed by atoms with E-state index < -0.39 is 0 Å². The normalized spacial score (nSPS) is 12.6. The smallest absolute Gasteiger partial charge is 0.253 e. The summed E-state index contributed by atoms with van der Waals surface area (Å²) in [5, 5.41) is 5.09. The molecule has 4 nitrogen and oxygen atoms in total. The average molecular weight is 285 g/mol. The summed E-state index contributed by atoms with van der Waals surface area (Å²) in [5.74, 6) is -0.107. The Kier molecular flexibility index (Phi) is 4.81. The molecule has 0 aliphatic carbocycles. The standard InChI is InChI=1S/C17H23N3O/c1-12(8-9-20(2)3)19-17(21)15-10-13-6-4-5-7-14(13)11-16(15)18/h4-7,10-12H,8-9,18H2,1-3H3,(H,19,21). The Balaban J connectivity index is 2.13. The third-order valence-electron chi connectivity index (χ3n) is 3.55. The van der Waals surface area contributed by atoms with Crippen molar-refractivity contribution in [1.29, 1.82) is 0 Å². The molecule has 0 saturated carbocycles. The number of fused-ring (bicyclic) bond motifs is 1. The van der Waals surface area contributed by atoms with Gasteiger partial charge in [0, 0.05) is 11.7 Å². The van der Waals surface area contributed by atoms with Gasteiger partial charge in [-0.05, 0) is 56.9 Å². The molecular weight excluding hydrogens is 262 g/mol. The van der Waals surface area contributed by atoms with E-state index in [0.29, 0.717) is 11.3 Å². The molecule has 0 aliphatic heterocycles. The van der Waals surface area contributed by atoms with Crippen LogP contribution in [0.25, 0.3) is 10.8 Å². The number of rotatable bonds is 5. The summed E-state index contributed by atoms with van der Waals surface area (Å²) >= 11 is 0. The number of hydrogen-bond acceptors (Lipinski definition) is 3. The Morgan fingerprint density at radius 2 is 1.86 bits per heavy atom. The highest BCUT2D eigenvalue weighted by atomic mass is 16.1. The SMILES string of the molecule is CC(CCN(C)C)NC(=O)c1cc2ccccc2cc1N. The summed E-state index contributed by atoms with van der Waals surface area (Å²) < 4.78 is 0. The Hall–Kier alpha value is -2.07. The molecule has 0 radical (unpaired) electrons. The zero-order valence-electron chi connectivity index (χ0n) is 12.9. The molecule has 0 saturated heterocycles. The van der Waals surface area contributed by atoms with Gasteiger partial charge in [0.2, 0.25) is 0 Å². The van der Waals surface area contributed by atoms with Gasteiger partial charge in [0.05, 0.1) is 5.56 Å². The topological polar surface area (TPSA) is 58.4 Å². The van der Waals surface area contributed by atoms with E-state index in [1.807, 2.05) is 57.4 Å². The fourth-order valence-electron chi connectivity index (χ4n) is 2.28. The molecule has 2 aromatic rings. The number of carbonyl (C=O) groups excluding carboxylic acids is 1. The van der Waals surface area contributed by atoms with Gasteiger partial charge < -0.3 is 16.0 Å². The first-order valence-corrected chi connectivity index (χ1v) is 7.21. The number of benzene rings is 2. The van der Waals surface area contributed by atoms with Gasteiger partial charge in [0.1, 0.15) is 0 Å². The minimum absolute atomic E-state index is 0.107. The molecule has 0 bridgehead atoms. The highest BCUT2D eigenvalue weighted by Crippen LogP contribution is 2.21. The fraction of sp³-hybridized carbons (Fsp3) is 0.353. The summed E-state index contributed by atoms with van der Waals surface area (Å²) in [4.78, 5) is 14.5. The third kappa shape index (κ3) is 3.95.